The van der Waals surface area contributed by atoms with Gasteiger partial charge in [0.15, 0.2) is 12.4 Å². The first-order chi connectivity index (χ1) is 11.8. The fourth-order valence-electron chi connectivity index (χ4n) is 2.77. The lowest BCUT2D eigenvalue weighted by molar-refractivity contribution is -0.134. The van der Waals surface area contributed by atoms with E-state index in [0.717, 1.165) is 17.0 Å². The van der Waals surface area contributed by atoms with Gasteiger partial charge in [-0.25, -0.2) is 0 Å². The average molecular weight is 343 g/mol. The minimum absolute atomic E-state index is 0.0577. The normalized spacial score (nSPS) is 11.9. The number of Topliss-reactive ketones (excluding diaryl/α,β-unsaturated/α-hetero) is 1. The molecular weight excluding hydrogens is 318 g/mol. The number of ether oxygens (including phenoxy) is 1. The minimum atomic E-state index is -0.124. The lowest BCUT2D eigenvalue weighted by atomic mass is 10.1. The molecule has 0 unspecified atom stereocenters. The minimum Gasteiger partial charge on any atom is -0.484 e. The molecular formula is C19H25N3O3. The van der Waals surface area contributed by atoms with E-state index in [2.05, 4.69) is 10.2 Å². The molecule has 1 atom stereocenters. The summed E-state index contributed by atoms with van der Waals surface area (Å²) >= 11 is 0. The highest BCUT2D eigenvalue weighted by molar-refractivity contribution is 5.95. The molecule has 1 N–H and O–H groups in total. The van der Waals surface area contributed by atoms with Gasteiger partial charge in [0.05, 0.1) is 11.7 Å². The number of hydrogen-bond acceptors (Lipinski definition) is 4. The number of nitrogens with zero attached hydrogens (tertiary/aromatic N) is 2. The number of aryl methyl sites for hydroxylation is 2. The zero-order valence-corrected chi connectivity index (χ0v) is 15.4. The summed E-state index contributed by atoms with van der Waals surface area (Å²) in [6, 6.07) is 6.76. The summed E-state index contributed by atoms with van der Waals surface area (Å²) in [6.45, 7) is 7.60. The number of benzene rings is 1. The molecule has 0 bridgehead atoms. The Morgan fingerprint density at radius 2 is 1.88 bits per heavy atom. The number of rotatable bonds is 7. The van der Waals surface area contributed by atoms with Crippen LogP contribution in [0.25, 0.3) is 0 Å². The van der Waals surface area contributed by atoms with E-state index in [-0.39, 0.29) is 24.3 Å². The molecule has 0 aliphatic carbocycles. The Kier molecular flexibility index (Phi) is 5.96. The van der Waals surface area contributed by atoms with Crippen LogP contribution >= 0.6 is 0 Å². The van der Waals surface area contributed by atoms with Crippen molar-refractivity contribution in [2.24, 2.45) is 0 Å². The molecule has 0 fully saturated rings. The second-order valence-electron chi connectivity index (χ2n) is 6.12. The van der Waals surface area contributed by atoms with E-state index in [1.165, 1.54) is 0 Å². The van der Waals surface area contributed by atoms with Crippen molar-refractivity contribution in [2.45, 2.75) is 40.2 Å². The molecule has 0 spiro atoms. The van der Waals surface area contributed by atoms with Gasteiger partial charge >= 0.3 is 0 Å². The first-order valence-corrected chi connectivity index (χ1v) is 8.38. The monoisotopic (exact) mass is 343 g/mol. The number of nitrogens with one attached hydrogen (secondary N) is 1. The summed E-state index contributed by atoms with van der Waals surface area (Å²) in [5.41, 5.74) is 3.53. The molecule has 0 aliphatic rings. The zero-order valence-electron chi connectivity index (χ0n) is 15.4. The van der Waals surface area contributed by atoms with Crippen molar-refractivity contribution in [3.63, 3.8) is 0 Å². The predicted octanol–water partition coefficient (Wildman–Crippen LogP) is 3.22. The molecule has 1 aromatic heterocycles. The fraction of sp³-hybridized carbons (Fsp3) is 0.421. The van der Waals surface area contributed by atoms with Gasteiger partial charge in [-0.1, -0.05) is 6.92 Å². The van der Waals surface area contributed by atoms with Gasteiger partial charge in [0.25, 0.3) is 5.91 Å². The molecule has 1 aromatic carbocycles. The summed E-state index contributed by atoms with van der Waals surface area (Å²) in [6.07, 6.45) is 0.466. The molecule has 6 heteroatoms. The lowest BCUT2D eigenvalue weighted by Crippen LogP contribution is -2.34. The molecule has 25 heavy (non-hydrogen) atoms. The maximum absolute atomic E-state index is 12.4. The van der Waals surface area contributed by atoms with Crippen LogP contribution in [-0.2, 0) is 4.79 Å². The van der Waals surface area contributed by atoms with Crippen LogP contribution in [0.2, 0.25) is 0 Å². The number of carbonyl (C=O) groups excluding carboxylic acids is 2. The molecule has 134 valence electrons. The van der Waals surface area contributed by atoms with Gasteiger partial charge in [-0.2, -0.15) is 5.10 Å². The van der Waals surface area contributed by atoms with Crippen LogP contribution in [0, 0.1) is 13.8 Å². The third-order valence-corrected chi connectivity index (χ3v) is 4.44. The number of ketones is 1. The van der Waals surface area contributed by atoms with Gasteiger partial charge in [-0.15, -0.1) is 0 Å². The van der Waals surface area contributed by atoms with Crippen molar-refractivity contribution in [3.8, 4) is 5.75 Å². The molecule has 0 saturated carbocycles. The predicted molar refractivity (Wildman–Crippen MR) is 95.8 cm³/mol. The average Bonchev–Trinajstić information content (AvgIpc) is 2.96. The van der Waals surface area contributed by atoms with Crippen molar-refractivity contribution in [2.75, 3.05) is 13.7 Å². The number of likely N-dealkylation sites (N-methyl/N-ethyl adjacent to an activating group) is 1. The van der Waals surface area contributed by atoms with Crippen molar-refractivity contribution in [1.29, 1.82) is 0 Å². The van der Waals surface area contributed by atoms with E-state index in [1.807, 2.05) is 27.7 Å². The Bertz CT molecular complexity index is 730. The quantitative estimate of drug-likeness (QED) is 0.783. The second-order valence-corrected chi connectivity index (χ2v) is 6.12. The summed E-state index contributed by atoms with van der Waals surface area (Å²) in [7, 11) is 1.76. The van der Waals surface area contributed by atoms with E-state index in [1.54, 1.807) is 36.2 Å². The summed E-state index contributed by atoms with van der Waals surface area (Å²) in [5, 5.41) is 7.12. The molecule has 0 saturated heterocycles. The van der Waals surface area contributed by atoms with Crippen LogP contribution in [0.15, 0.2) is 24.3 Å². The van der Waals surface area contributed by atoms with E-state index < -0.39 is 0 Å². The third kappa shape index (κ3) is 4.26. The molecule has 0 radical (unpaired) electrons. The lowest BCUT2D eigenvalue weighted by Gasteiger charge is -2.25. The largest absolute Gasteiger partial charge is 0.484 e. The molecule has 1 amide bonds. The Morgan fingerprint density at radius 3 is 2.40 bits per heavy atom. The highest BCUT2D eigenvalue weighted by Gasteiger charge is 2.22. The summed E-state index contributed by atoms with van der Waals surface area (Å²) in [5.74, 6) is 0.529. The van der Waals surface area contributed by atoms with Gasteiger partial charge in [0, 0.05) is 30.3 Å². The molecule has 6 nitrogen and oxygen atoms in total. The topological polar surface area (TPSA) is 75.3 Å². The van der Waals surface area contributed by atoms with Gasteiger partial charge in [-0.3, -0.25) is 14.7 Å². The molecule has 2 rings (SSSR count). The number of aromatic nitrogens is 2. The highest BCUT2D eigenvalue weighted by Crippen LogP contribution is 2.24. The van der Waals surface area contributed by atoms with Crippen LogP contribution < -0.4 is 4.74 Å². The smallest absolute Gasteiger partial charge is 0.260 e. The van der Waals surface area contributed by atoms with Gasteiger partial charge in [0.2, 0.25) is 0 Å². The highest BCUT2D eigenvalue weighted by atomic mass is 16.5. The van der Waals surface area contributed by atoms with Crippen molar-refractivity contribution in [3.05, 3.63) is 46.8 Å². The number of hydrogen-bond donors (Lipinski definition) is 1. The van der Waals surface area contributed by atoms with Crippen LogP contribution in [0.3, 0.4) is 0 Å². The van der Waals surface area contributed by atoms with Crippen LogP contribution in [-0.4, -0.2) is 40.4 Å². The number of aromatic amines is 1. The molecule has 2 aromatic rings. The van der Waals surface area contributed by atoms with Gasteiger partial charge < -0.3 is 9.64 Å². The first-order valence-electron chi connectivity index (χ1n) is 8.38. The number of amides is 1. The Morgan fingerprint density at radius 1 is 1.24 bits per heavy atom. The molecule has 1 heterocycles. The van der Waals surface area contributed by atoms with Crippen molar-refractivity contribution in [1.82, 2.24) is 15.1 Å². The number of carbonyl (C=O) groups is 2. The van der Waals surface area contributed by atoms with E-state index >= 15 is 0 Å². The molecule has 0 aliphatic heterocycles. The fourth-order valence-corrected chi connectivity index (χ4v) is 2.77. The van der Waals surface area contributed by atoms with Crippen molar-refractivity contribution < 1.29 is 14.3 Å². The Hall–Kier alpha value is -2.63. The third-order valence-electron chi connectivity index (χ3n) is 4.44. The van der Waals surface area contributed by atoms with Crippen LogP contribution in [0.4, 0.5) is 0 Å². The van der Waals surface area contributed by atoms with E-state index in [0.29, 0.717) is 17.7 Å². The van der Waals surface area contributed by atoms with Gasteiger partial charge in [0.1, 0.15) is 5.75 Å². The van der Waals surface area contributed by atoms with E-state index in [4.69, 9.17) is 4.74 Å². The standard InChI is InChI=1S/C19H25N3O3/c1-6-17(23)15-7-9-16(10-8-15)25-11-18(24)22(5)14(4)19-12(2)20-21-13(19)3/h7-10,14H,6,11H2,1-5H3,(H,20,21)/t14-/m0/s1. The Balaban J connectivity index is 1.96. The maximum Gasteiger partial charge on any atom is 0.260 e. The zero-order chi connectivity index (χ0) is 18.6. The maximum atomic E-state index is 12.4. The summed E-state index contributed by atoms with van der Waals surface area (Å²) < 4.78 is 5.56. The number of H-pyrrole nitrogens is 1. The van der Waals surface area contributed by atoms with Crippen LogP contribution in [0.1, 0.15) is 53.6 Å². The Labute approximate surface area is 148 Å². The second kappa shape index (κ2) is 7.96. The SMILES string of the molecule is CCC(=O)c1ccc(OCC(=O)N(C)[C@@H](C)c2c(C)n[nH]c2C)cc1. The van der Waals surface area contributed by atoms with Gasteiger partial charge in [-0.05, 0) is 45.0 Å². The van der Waals surface area contributed by atoms with E-state index in [9.17, 15) is 9.59 Å². The first kappa shape index (κ1) is 18.7. The summed E-state index contributed by atoms with van der Waals surface area (Å²) in [4.78, 5) is 25.7. The van der Waals surface area contributed by atoms with Crippen LogP contribution in [0.5, 0.6) is 5.75 Å². The van der Waals surface area contributed by atoms with Crippen molar-refractivity contribution >= 4 is 11.7 Å².